The molecule has 0 fully saturated rings. The van der Waals surface area contributed by atoms with Gasteiger partial charge in [0, 0.05) is 28.3 Å². The molecule has 5 rings (SSSR count). The predicted octanol–water partition coefficient (Wildman–Crippen LogP) is 3.98. The van der Waals surface area contributed by atoms with Crippen molar-refractivity contribution in [2.45, 2.75) is 16.3 Å². The lowest BCUT2D eigenvalue weighted by atomic mass is 10.1. The first-order valence-corrected chi connectivity index (χ1v) is 12.6. The first-order chi connectivity index (χ1) is 16.7. The smallest absolute Gasteiger partial charge is 0.257 e. The van der Waals surface area contributed by atoms with Gasteiger partial charge in [0.25, 0.3) is 11.8 Å². The van der Waals surface area contributed by atoms with Crippen LogP contribution in [0.2, 0.25) is 0 Å². The number of benzene rings is 3. The molecule has 1 aliphatic heterocycles. The maximum Gasteiger partial charge on any atom is 0.257 e. The van der Waals surface area contributed by atoms with Crippen molar-refractivity contribution in [3.05, 3.63) is 88.7 Å². The van der Waals surface area contributed by atoms with Crippen molar-refractivity contribution in [2.24, 2.45) is 0 Å². The second-order valence-electron chi connectivity index (χ2n) is 7.64. The molecule has 0 saturated heterocycles. The first-order valence-electron chi connectivity index (χ1n) is 10.3. The highest BCUT2D eigenvalue weighted by molar-refractivity contribution is 7.91. The third-order valence-corrected chi connectivity index (χ3v) is 8.26. The van der Waals surface area contributed by atoms with Crippen molar-refractivity contribution >= 4 is 38.7 Å². The number of halogens is 1. The summed E-state index contributed by atoms with van der Waals surface area (Å²) < 4.78 is 40.2. The lowest BCUT2D eigenvalue weighted by molar-refractivity contribution is 0.0949. The van der Waals surface area contributed by atoms with Crippen LogP contribution in [0.5, 0.6) is 5.75 Å². The maximum atomic E-state index is 14.1. The highest BCUT2D eigenvalue weighted by atomic mass is 32.2. The van der Waals surface area contributed by atoms with Crippen LogP contribution in [0, 0.1) is 5.82 Å². The van der Waals surface area contributed by atoms with Gasteiger partial charge in [0.15, 0.2) is 0 Å². The molecular formula is C24H16FN3O5S2. The molecule has 8 nitrogen and oxygen atoms in total. The van der Waals surface area contributed by atoms with Crippen LogP contribution in [-0.4, -0.2) is 30.3 Å². The Morgan fingerprint density at radius 3 is 2.66 bits per heavy atom. The molecule has 3 N–H and O–H groups in total. The Balaban J connectivity index is 1.36. The number of nitrogens with zero attached hydrogens (tertiary/aromatic N) is 1. The number of hydrogen-bond acceptors (Lipinski definition) is 7. The number of aromatic nitrogens is 1. The van der Waals surface area contributed by atoms with Crippen LogP contribution in [-0.2, 0) is 16.4 Å². The zero-order valence-corrected chi connectivity index (χ0v) is 19.4. The van der Waals surface area contributed by atoms with E-state index in [2.05, 4.69) is 15.6 Å². The zero-order valence-electron chi connectivity index (χ0n) is 17.8. The van der Waals surface area contributed by atoms with Gasteiger partial charge in [-0.05, 0) is 42.5 Å². The van der Waals surface area contributed by atoms with Gasteiger partial charge in [-0.2, -0.15) is 0 Å². The van der Waals surface area contributed by atoms with E-state index in [9.17, 15) is 27.5 Å². The van der Waals surface area contributed by atoms with Crippen molar-refractivity contribution in [1.82, 2.24) is 10.3 Å². The Bertz CT molecular complexity index is 1620. The Labute approximate surface area is 203 Å². The molecule has 176 valence electrons. The highest BCUT2D eigenvalue weighted by Gasteiger charge is 2.31. The number of nitrogens with one attached hydrogen (secondary N) is 2. The van der Waals surface area contributed by atoms with Crippen molar-refractivity contribution in [2.75, 3.05) is 5.32 Å². The number of thiazole rings is 1. The first kappa shape index (κ1) is 22.7. The van der Waals surface area contributed by atoms with Crippen molar-refractivity contribution < 1.29 is 27.5 Å². The Morgan fingerprint density at radius 2 is 1.86 bits per heavy atom. The van der Waals surface area contributed by atoms with Crippen LogP contribution in [0.1, 0.15) is 25.6 Å². The van der Waals surface area contributed by atoms with E-state index < -0.39 is 27.5 Å². The number of phenolic OH excluding ortho intramolecular Hbond substituents is 1. The summed E-state index contributed by atoms with van der Waals surface area (Å²) in [5.74, 6) is -1.88. The molecule has 1 aliphatic rings. The van der Waals surface area contributed by atoms with E-state index in [1.165, 1.54) is 66.1 Å². The van der Waals surface area contributed by atoms with Gasteiger partial charge >= 0.3 is 0 Å². The largest absolute Gasteiger partial charge is 0.508 e. The van der Waals surface area contributed by atoms with E-state index >= 15 is 0 Å². The summed E-state index contributed by atoms with van der Waals surface area (Å²) >= 11 is 1.18. The molecule has 2 heterocycles. The zero-order chi connectivity index (χ0) is 24.7. The molecule has 0 aliphatic carbocycles. The molecule has 2 amide bonds. The number of anilines is 1. The van der Waals surface area contributed by atoms with Gasteiger partial charge in [0.2, 0.25) is 9.84 Å². The molecule has 0 atom stereocenters. The van der Waals surface area contributed by atoms with Gasteiger partial charge in [0.05, 0.1) is 27.6 Å². The average molecular weight is 510 g/mol. The fourth-order valence-electron chi connectivity index (χ4n) is 3.66. The normalized spacial score (nSPS) is 13.8. The number of aromatic hydroxyl groups is 1. The second kappa shape index (κ2) is 8.60. The van der Waals surface area contributed by atoms with Gasteiger partial charge < -0.3 is 15.7 Å². The van der Waals surface area contributed by atoms with Gasteiger partial charge in [-0.1, -0.05) is 12.1 Å². The van der Waals surface area contributed by atoms with Crippen molar-refractivity contribution in [3.8, 4) is 16.3 Å². The van der Waals surface area contributed by atoms with Crippen LogP contribution in [0.15, 0.2) is 76.7 Å². The number of carbonyl (C=O) groups is 2. The number of hydrogen-bond donors (Lipinski definition) is 3. The monoisotopic (exact) mass is 509 g/mol. The van der Waals surface area contributed by atoms with Crippen LogP contribution < -0.4 is 10.6 Å². The van der Waals surface area contributed by atoms with Gasteiger partial charge in [-0.3, -0.25) is 9.59 Å². The molecule has 1 aromatic heterocycles. The van der Waals surface area contributed by atoms with Crippen LogP contribution in [0.4, 0.5) is 10.1 Å². The summed E-state index contributed by atoms with van der Waals surface area (Å²) in [5.41, 5.74) is 0.427. The molecule has 35 heavy (non-hydrogen) atoms. The molecule has 0 unspecified atom stereocenters. The van der Waals surface area contributed by atoms with E-state index in [-0.39, 0.29) is 44.5 Å². The molecule has 0 saturated carbocycles. The van der Waals surface area contributed by atoms with E-state index in [0.717, 1.165) is 6.07 Å². The minimum atomic E-state index is -3.97. The number of fused-ring (bicyclic) bond motifs is 2. The van der Waals surface area contributed by atoms with Crippen LogP contribution in [0.3, 0.4) is 0 Å². The lowest BCUT2D eigenvalue weighted by Gasteiger charge is -2.10. The maximum absolute atomic E-state index is 14.1. The predicted molar refractivity (Wildman–Crippen MR) is 127 cm³/mol. The number of amides is 2. The summed E-state index contributed by atoms with van der Waals surface area (Å²) in [5, 5.41) is 15.0. The lowest BCUT2D eigenvalue weighted by Crippen LogP contribution is -2.22. The summed E-state index contributed by atoms with van der Waals surface area (Å²) in [4.78, 5) is 30.0. The molecule has 0 bridgehead atoms. The number of rotatable bonds is 4. The molecule has 3 aromatic carbocycles. The SMILES string of the molecule is O=C(NCc1cnc(-c2ccc(O)cc2F)s1)c1ccc2c(c1)NC(=O)c1ccccc1S2(=O)=O. The molecule has 4 aromatic rings. The quantitative estimate of drug-likeness (QED) is 0.382. The van der Waals surface area contributed by atoms with E-state index in [1.54, 1.807) is 6.07 Å². The minimum Gasteiger partial charge on any atom is -0.508 e. The number of sulfone groups is 1. The summed E-state index contributed by atoms with van der Waals surface area (Å²) in [6.07, 6.45) is 1.51. The van der Waals surface area contributed by atoms with Crippen LogP contribution >= 0.6 is 11.3 Å². The molecule has 0 radical (unpaired) electrons. The Kier molecular flexibility index (Phi) is 5.58. The highest BCUT2D eigenvalue weighted by Crippen LogP contribution is 2.34. The summed E-state index contributed by atoms with van der Waals surface area (Å²) in [7, 11) is -3.97. The van der Waals surface area contributed by atoms with Gasteiger partial charge in [-0.25, -0.2) is 17.8 Å². The number of carbonyl (C=O) groups excluding carboxylic acids is 2. The van der Waals surface area contributed by atoms with Gasteiger partial charge in [-0.15, -0.1) is 11.3 Å². The molecule has 0 spiro atoms. The topological polar surface area (TPSA) is 125 Å². The number of phenols is 1. The molecular weight excluding hydrogens is 493 g/mol. The van der Waals surface area contributed by atoms with Crippen LogP contribution in [0.25, 0.3) is 10.6 Å². The van der Waals surface area contributed by atoms with Crippen molar-refractivity contribution in [1.29, 1.82) is 0 Å². The van der Waals surface area contributed by atoms with Crippen molar-refractivity contribution in [3.63, 3.8) is 0 Å². The fraction of sp³-hybridized carbons (Fsp3) is 0.0417. The Hall–Kier alpha value is -4.09. The van der Waals surface area contributed by atoms with Gasteiger partial charge in [0.1, 0.15) is 16.6 Å². The Morgan fingerprint density at radius 1 is 1.06 bits per heavy atom. The summed E-state index contributed by atoms with van der Waals surface area (Å²) in [6, 6.07) is 13.7. The minimum absolute atomic E-state index is 0.0155. The standard InChI is InChI=1S/C24H16FN3O5S2/c25-18-10-14(29)6-7-16(18)24-27-12-15(34-24)11-26-22(30)13-5-8-21-19(9-13)28-23(31)17-3-1-2-4-20(17)35(21,32)33/h1-10,12,29H,11H2,(H,26,30)(H,28,31). The molecule has 11 heteroatoms. The summed E-state index contributed by atoms with van der Waals surface area (Å²) in [6.45, 7) is 0.101. The van der Waals surface area contributed by atoms with E-state index in [0.29, 0.717) is 9.88 Å². The van der Waals surface area contributed by atoms with E-state index in [1.807, 2.05) is 0 Å². The third kappa shape index (κ3) is 4.15. The van der Waals surface area contributed by atoms with E-state index in [4.69, 9.17) is 0 Å². The second-order valence-corrected chi connectivity index (χ2v) is 10.6. The average Bonchev–Trinajstić information content (AvgIpc) is 3.28. The fourth-order valence-corrected chi connectivity index (χ4v) is 6.13. The third-order valence-electron chi connectivity index (χ3n) is 5.36.